The number of oxime groups is 4. The molecule has 7 aliphatic rings. The molecule has 0 amide bonds. The first-order chi connectivity index (χ1) is 67.2. The average Bonchev–Trinajstić information content (AvgIpc) is 1.67. The molecule has 730 valence electrons. The molecule has 43 nitrogen and oxygen atoms in total. The summed E-state index contributed by atoms with van der Waals surface area (Å²) in [5.41, 5.74) is 55.4. The Morgan fingerprint density at radius 3 is 1.07 bits per heavy atom. The molecule has 138 heavy (non-hydrogen) atoms. The van der Waals surface area contributed by atoms with Crippen molar-refractivity contribution in [3.63, 3.8) is 0 Å². The number of aryl methyl sites for hydroxylation is 6. The van der Waals surface area contributed by atoms with Crippen LogP contribution in [0.15, 0.2) is 226 Å². The number of hydrogen-bond acceptors (Lipinski definition) is 25. The minimum absolute atomic E-state index is 0.105. The molecule has 22 heterocycles. The van der Waals surface area contributed by atoms with Crippen molar-refractivity contribution in [2.75, 3.05) is 113 Å². The first-order valence-corrected chi connectivity index (χ1v) is 49.1. The van der Waals surface area contributed by atoms with Crippen LogP contribution in [-0.2, 0) is 121 Å². The van der Waals surface area contributed by atoms with E-state index in [1.54, 1.807) is 52.8 Å². The normalized spacial score (nSPS) is 17.8. The molecule has 4 unspecified atom stereocenters. The summed E-state index contributed by atoms with van der Waals surface area (Å²) >= 11 is 5.07. The summed E-state index contributed by atoms with van der Waals surface area (Å²) in [5, 5.41) is 35.0. The van der Waals surface area contributed by atoms with Gasteiger partial charge in [0.05, 0.1) is 86.2 Å². The minimum atomic E-state index is 0.105. The van der Waals surface area contributed by atoms with E-state index in [2.05, 4.69) is 250 Å². The van der Waals surface area contributed by atoms with Crippen molar-refractivity contribution >= 4 is 103 Å². The number of anilines is 3. The van der Waals surface area contributed by atoms with Crippen LogP contribution >= 0.6 is 34.0 Å². The number of hydrogen-bond donors (Lipinski definition) is 12. The number of thiophene rings is 3. The standard InChI is InChI=1S/C16H23N6O2.C16H21N6OS.C16H23N6O.C16H21N6S.C14H21N6O2.C14H19N6OS/c1-20-5-3-15-21(6-7-22(15)20)10-14-8-12(11-23-14)16(17)19-24-13-2-4-18-9-13;1-20-5-3-15-21(6-7-22(15)20)10-14-8-12(11-24-14)16(17)19-23-13-2-4-18-9-13;2*1-20-5-3-15-21(6-7-22(15)20)10-14-8-12(11-23-14)16(17)19-13-2-4-18-9-13;1-18-4-2-13-19(5-6-20(13)18)9-12-8-11(10-21-12)14(16)17-22-7-3-15;1-18-4-2-13-19(5-6-20(13)18)9-12-8-11(10-22-12)14(16)17-21-7-3-15/h3,5,8,11,13,18H,2,4,6-7,9-10H2,1H3,(H2,17,19);3,5-8,11,13,18H,2,4,9-10H2,1H3,(H2,17,19);3,5,8,11,13,18H,2,4,6-7,9-10H2,1H3,(H2,17,19);3,5-8,11,13,18H,2,4,9-10H2,1H3,(H2,17,19);2,4,8,10H,3,5-7,9,15H2,1H3,(H2,16,17);2,4-6,8,10H,3,7,9,15H2,1H3,(H2,16,17)/q6*+1. The molecule has 15 aromatic heterocycles. The third kappa shape index (κ3) is 23.4. The smallest absolute Gasteiger partial charge is 0.307 e. The number of rotatable bonds is 30. The highest BCUT2D eigenvalue weighted by Crippen LogP contribution is 2.28. The van der Waals surface area contributed by atoms with Crippen LogP contribution in [0.25, 0.3) is 16.9 Å². The van der Waals surface area contributed by atoms with Crippen LogP contribution in [-0.4, -0.2) is 199 Å². The van der Waals surface area contributed by atoms with E-state index in [1.807, 2.05) is 91.2 Å². The van der Waals surface area contributed by atoms with Crippen molar-refractivity contribution < 1.29 is 60.3 Å². The molecular weight excluding hydrogens is 1820 g/mol. The minimum Gasteiger partial charge on any atom is -0.467 e. The van der Waals surface area contributed by atoms with Gasteiger partial charge in [0.1, 0.15) is 111 Å². The second-order valence-corrected chi connectivity index (χ2v) is 37.6. The maximum atomic E-state index is 6.17. The van der Waals surface area contributed by atoms with Gasteiger partial charge < -0.3 is 114 Å². The van der Waals surface area contributed by atoms with E-state index in [0.717, 1.165) is 200 Å². The molecule has 0 saturated carbocycles. The van der Waals surface area contributed by atoms with Crippen LogP contribution in [0.4, 0.5) is 17.5 Å². The lowest BCUT2D eigenvalue weighted by atomic mass is 10.2. The van der Waals surface area contributed by atoms with Crippen LogP contribution in [0.2, 0.25) is 0 Å². The molecular formula is C92H128N36O7S3+6. The number of aliphatic imine (C=N–C) groups is 2. The van der Waals surface area contributed by atoms with Crippen molar-refractivity contribution in [1.82, 2.24) is 62.9 Å². The molecule has 0 radical (unpaired) electrons. The lowest BCUT2D eigenvalue weighted by Gasteiger charge is -2.13. The molecule has 4 saturated heterocycles. The topological polar surface area (TPSA) is 483 Å². The number of nitrogens with one attached hydrogen (secondary N) is 4. The summed E-state index contributed by atoms with van der Waals surface area (Å²) in [7, 11) is 12.2. The van der Waals surface area contributed by atoms with Crippen LogP contribution in [0.5, 0.6) is 0 Å². The highest BCUT2D eigenvalue weighted by molar-refractivity contribution is 7.10. The first-order valence-electron chi connectivity index (χ1n) is 46.4. The fourth-order valence-corrected chi connectivity index (χ4v) is 19.9. The van der Waals surface area contributed by atoms with Gasteiger partial charge in [-0.2, -0.15) is 0 Å². The van der Waals surface area contributed by atoms with E-state index in [4.69, 9.17) is 78.5 Å². The van der Waals surface area contributed by atoms with Crippen molar-refractivity contribution in [1.29, 1.82) is 0 Å². The Bertz CT molecular complexity index is 6710. The van der Waals surface area contributed by atoms with E-state index in [1.165, 1.54) is 37.7 Å². The summed E-state index contributed by atoms with van der Waals surface area (Å²) in [6.45, 7) is 19.5. The molecule has 0 spiro atoms. The fraction of sp³-hybridized carbons (Fsp3) is 0.413. The molecule has 15 aromatic rings. The second kappa shape index (κ2) is 44.9. The highest BCUT2D eigenvalue weighted by Gasteiger charge is 2.31. The van der Waals surface area contributed by atoms with E-state index in [9.17, 15) is 0 Å². The van der Waals surface area contributed by atoms with Crippen molar-refractivity contribution in [2.45, 2.75) is 109 Å². The molecule has 20 N–H and O–H groups in total. The Labute approximate surface area is 810 Å². The van der Waals surface area contributed by atoms with Gasteiger partial charge in [-0.3, -0.25) is 9.98 Å². The molecule has 0 bridgehead atoms. The lowest BCUT2D eigenvalue weighted by molar-refractivity contribution is -0.751. The fourth-order valence-electron chi connectivity index (χ4n) is 17.3. The zero-order valence-corrected chi connectivity index (χ0v) is 81.3. The molecule has 0 aliphatic carbocycles. The molecule has 4 atom stereocenters. The third-order valence-electron chi connectivity index (χ3n) is 24.9. The van der Waals surface area contributed by atoms with Gasteiger partial charge in [0.15, 0.2) is 99.1 Å². The first kappa shape index (κ1) is 95.7. The van der Waals surface area contributed by atoms with E-state index < -0.39 is 0 Å². The number of nitrogens with zero attached hydrogens (tertiary/aromatic N) is 24. The lowest BCUT2D eigenvalue weighted by Crippen LogP contribution is -2.37. The number of imidazole rings is 3. The SMILES string of the molecule is C[n+]1ccc2n1CCN2Cc1cc(C(N)=NC2CCNC2)co1.C[n+]1ccc2n1CCN2Cc1cc(C(N)=NOC2CCNC2)co1.C[n+]1ccc2n1CCN2Cc1cc(C(N)=NOCCN)co1.Cn1ccc2n1cc[n+]2Cc1cc(C(N)=NC2CCNC2)cs1.Cn1ccc2n1cc[n+]2Cc1cc(C(N)=NOC2CCNC2)cs1.Cn1ccc2n1cc[n+]2Cc1cc(C(N)=NOCCN)cs1. The maximum Gasteiger partial charge on any atom is 0.307 e. The summed E-state index contributed by atoms with van der Waals surface area (Å²) in [6, 6.07) is 25.4. The van der Waals surface area contributed by atoms with Gasteiger partial charge in [-0.1, -0.05) is 20.6 Å². The Morgan fingerprint density at radius 1 is 0.391 bits per heavy atom. The molecule has 0 aromatic carbocycles. The van der Waals surface area contributed by atoms with Gasteiger partial charge in [0, 0.05) is 177 Å². The van der Waals surface area contributed by atoms with Gasteiger partial charge in [-0.15, -0.1) is 75.6 Å². The summed E-state index contributed by atoms with van der Waals surface area (Å²) in [4.78, 5) is 40.7. The van der Waals surface area contributed by atoms with Crippen LogP contribution in [0.1, 0.15) is 91.0 Å². The van der Waals surface area contributed by atoms with Gasteiger partial charge >= 0.3 is 16.9 Å². The summed E-state index contributed by atoms with van der Waals surface area (Å²) < 4.78 is 49.0. The second-order valence-electron chi connectivity index (χ2n) is 34.7. The zero-order chi connectivity index (χ0) is 95.7. The quantitative estimate of drug-likeness (QED) is 0.00987. The van der Waals surface area contributed by atoms with Crippen LogP contribution in [0, 0.1) is 0 Å². The van der Waals surface area contributed by atoms with E-state index >= 15 is 0 Å². The summed E-state index contributed by atoms with van der Waals surface area (Å²) in [5.74, 6) is 8.93. The van der Waals surface area contributed by atoms with Gasteiger partial charge in [-0.25, -0.2) is 27.7 Å². The van der Waals surface area contributed by atoms with Crippen molar-refractivity contribution in [2.24, 2.45) is 119 Å². The van der Waals surface area contributed by atoms with Gasteiger partial charge in [0.25, 0.3) is 0 Å². The molecule has 7 aliphatic heterocycles. The highest BCUT2D eigenvalue weighted by atomic mass is 32.1. The van der Waals surface area contributed by atoms with E-state index in [0.29, 0.717) is 86.0 Å². The summed E-state index contributed by atoms with van der Waals surface area (Å²) in [6.07, 6.45) is 34.0. The van der Waals surface area contributed by atoms with Gasteiger partial charge in [-0.05, 0) is 75.4 Å². The molecule has 46 heteroatoms. The zero-order valence-electron chi connectivity index (χ0n) is 78.9. The largest absolute Gasteiger partial charge is 0.467 e. The Kier molecular flexibility index (Phi) is 31.1. The van der Waals surface area contributed by atoms with E-state index in [-0.39, 0.29) is 18.2 Å². The Morgan fingerprint density at radius 2 is 0.717 bits per heavy atom. The third-order valence-corrected chi connectivity index (χ3v) is 27.6. The average molecular weight is 1950 g/mol. The number of aromatic nitrogens is 15. The number of amidine groups is 6. The number of fused-ring (bicyclic) bond motifs is 6. The maximum absolute atomic E-state index is 6.17. The van der Waals surface area contributed by atoms with Gasteiger partial charge in [0.2, 0.25) is 0 Å². The van der Waals surface area contributed by atoms with Crippen LogP contribution < -0.4 is 110 Å². The predicted octanol–water partition coefficient (Wildman–Crippen LogP) is 1.13. The predicted molar refractivity (Wildman–Crippen MR) is 528 cm³/mol. The monoisotopic (exact) mass is 1940 g/mol. The van der Waals surface area contributed by atoms with Crippen molar-refractivity contribution in [3.05, 3.63) is 247 Å². The van der Waals surface area contributed by atoms with Crippen molar-refractivity contribution in [3.8, 4) is 0 Å². The number of nitrogens with two attached hydrogens (primary N) is 8. The van der Waals surface area contributed by atoms with Crippen LogP contribution in [0.3, 0.4) is 0 Å². The molecule has 4 fully saturated rings. The molecule has 22 rings (SSSR count). The Balaban J connectivity index is 0.000000115. The number of furan rings is 3. The Hall–Kier alpha value is -14.0.